The van der Waals surface area contributed by atoms with Crippen molar-refractivity contribution < 1.29 is 0 Å². The van der Waals surface area contributed by atoms with E-state index in [0.29, 0.717) is 0 Å². The molecule has 208 valence electrons. The van der Waals surface area contributed by atoms with Gasteiger partial charge in [-0.1, -0.05) is 121 Å². The van der Waals surface area contributed by atoms with Crippen LogP contribution in [-0.4, -0.2) is 62.7 Å². The first-order valence-corrected chi connectivity index (χ1v) is 14.3. The highest BCUT2D eigenvalue weighted by Gasteiger charge is 2.20. The average Bonchev–Trinajstić information content (AvgIpc) is 3.47. The molecule has 6 heteroatoms. The Morgan fingerprint density at radius 1 is 0.634 bits per heavy atom. The van der Waals surface area contributed by atoms with E-state index in [4.69, 9.17) is 0 Å². The van der Waals surface area contributed by atoms with E-state index in [9.17, 15) is 0 Å². The van der Waals surface area contributed by atoms with Crippen LogP contribution < -0.4 is 0 Å². The quantitative estimate of drug-likeness (QED) is 0.236. The number of benzene rings is 4. The number of para-hydroxylation sites is 1. The van der Waals surface area contributed by atoms with E-state index < -0.39 is 0 Å². The molecule has 1 aromatic heterocycles. The first kappa shape index (κ1) is 28.1. The molecule has 1 aliphatic heterocycles. The minimum atomic E-state index is 0.772. The number of hydrogen-bond acceptors (Lipinski definition) is 5. The third kappa shape index (κ3) is 7.84. The highest BCUT2D eigenvalue weighted by atomic mass is 15.5. The maximum absolute atomic E-state index is 4.31. The Labute approximate surface area is 243 Å². The predicted molar refractivity (Wildman–Crippen MR) is 168 cm³/mol. The molecular formula is C35H38N6. The normalized spacial score (nSPS) is 14.1. The van der Waals surface area contributed by atoms with E-state index >= 15 is 0 Å². The number of piperazine rings is 1. The van der Waals surface area contributed by atoms with Gasteiger partial charge in [0.2, 0.25) is 0 Å². The second-order valence-electron chi connectivity index (χ2n) is 10.4. The number of hydrogen-bond donors (Lipinski definition) is 0. The molecule has 0 unspecified atom stereocenters. The molecule has 1 fully saturated rings. The average molecular weight is 543 g/mol. The molecule has 41 heavy (non-hydrogen) atoms. The molecule has 6 rings (SSSR count). The second kappa shape index (κ2) is 14.3. The van der Waals surface area contributed by atoms with Gasteiger partial charge in [0.05, 0.1) is 12.2 Å². The first-order chi connectivity index (χ1) is 20.2. The van der Waals surface area contributed by atoms with Gasteiger partial charge in [-0.15, -0.1) is 5.10 Å². The molecule has 5 aromatic rings. The van der Waals surface area contributed by atoms with Crippen LogP contribution in [0.2, 0.25) is 0 Å². The molecule has 4 aromatic carbocycles. The van der Waals surface area contributed by atoms with Crippen LogP contribution in [0.15, 0.2) is 115 Å². The molecule has 0 bridgehead atoms. The van der Waals surface area contributed by atoms with Gasteiger partial charge in [-0.25, -0.2) is 0 Å². The second-order valence-corrected chi connectivity index (χ2v) is 10.4. The zero-order valence-electron chi connectivity index (χ0n) is 24.0. The number of tetrazole rings is 1. The van der Waals surface area contributed by atoms with Crippen molar-refractivity contribution >= 4 is 6.08 Å². The number of aryl methyl sites for hydroxylation is 2. The summed E-state index contributed by atoms with van der Waals surface area (Å²) >= 11 is 0. The molecule has 2 heterocycles. The van der Waals surface area contributed by atoms with Crippen molar-refractivity contribution in [1.29, 1.82) is 0 Å². The van der Waals surface area contributed by atoms with Gasteiger partial charge in [0, 0.05) is 32.7 Å². The van der Waals surface area contributed by atoms with Crippen LogP contribution in [0.1, 0.15) is 22.5 Å². The van der Waals surface area contributed by atoms with Gasteiger partial charge in [-0.05, 0) is 52.1 Å². The highest BCUT2D eigenvalue weighted by Crippen LogP contribution is 2.20. The molecule has 0 radical (unpaired) electrons. The van der Waals surface area contributed by atoms with Crippen molar-refractivity contribution in [3.8, 4) is 16.8 Å². The smallest absolute Gasteiger partial charge is 0.170 e. The Morgan fingerprint density at radius 3 is 1.76 bits per heavy atom. The van der Waals surface area contributed by atoms with Gasteiger partial charge < -0.3 is 0 Å². The molecule has 1 saturated heterocycles. The van der Waals surface area contributed by atoms with Crippen LogP contribution in [0, 0.1) is 13.8 Å². The molecule has 0 N–H and O–H groups in total. The molecule has 0 saturated carbocycles. The summed E-state index contributed by atoms with van der Waals surface area (Å²) in [6.07, 6.45) is 4.46. The largest absolute Gasteiger partial charge is 0.297 e. The Balaban J connectivity index is 0.000000234. The summed E-state index contributed by atoms with van der Waals surface area (Å²) in [5.74, 6) is 0.903. The van der Waals surface area contributed by atoms with E-state index in [0.717, 1.165) is 50.8 Å². The van der Waals surface area contributed by atoms with Crippen LogP contribution in [0.25, 0.3) is 22.9 Å². The Bertz CT molecular complexity index is 1450. The van der Waals surface area contributed by atoms with Gasteiger partial charge in [0.15, 0.2) is 5.82 Å². The summed E-state index contributed by atoms with van der Waals surface area (Å²) < 4.78 is 1.90. The van der Waals surface area contributed by atoms with E-state index in [-0.39, 0.29) is 0 Å². The fraction of sp³-hybridized carbons (Fsp3) is 0.229. The van der Waals surface area contributed by atoms with Gasteiger partial charge in [-0.2, -0.15) is 4.68 Å². The van der Waals surface area contributed by atoms with Crippen molar-refractivity contribution in [2.75, 3.05) is 32.7 Å². The van der Waals surface area contributed by atoms with Crippen LogP contribution >= 0.6 is 0 Å². The molecule has 0 atom stereocenters. The summed E-state index contributed by atoms with van der Waals surface area (Å²) in [5, 5.41) is 12.5. The van der Waals surface area contributed by atoms with Gasteiger partial charge >= 0.3 is 0 Å². The van der Waals surface area contributed by atoms with Crippen molar-refractivity contribution in [3.63, 3.8) is 0 Å². The fourth-order valence-corrected chi connectivity index (χ4v) is 5.11. The van der Waals surface area contributed by atoms with E-state index in [1.165, 1.54) is 27.8 Å². The lowest BCUT2D eigenvalue weighted by molar-refractivity contribution is 0.134. The third-order valence-electron chi connectivity index (χ3n) is 7.37. The standard InChI is InChI=1S/C23H28N6.C12H10/c1-19-8-6-9-20(2)23(19)29-22(24-25-26-29)18-28-16-14-27(15-17-28)13-7-12-21-10-4-3-5-11-21;1-3-7-11(8-4-1)12-9-5-2-6-10-12/h3-12H,13-18H2,1-2H3;1-10H/b12-7+;. The van der Waals surface area contributed by atoms with Crippen LogP contribution in [0.5, 0.6) is 0 Å². The lowest BCUT2D eigenvalue weighted by Crippen LogP contribution is -2.46. The van der Waals surface area contributed by atoms with Crippen molar-refractivity contribution in [3.05, 3.63) is 138 Å². The van der Waals surface area contributed by atoms with Crippen LogP contribution in [-0.2, 0) is 6.54 Å². The number of nitrogens with zero attached hydrogens (tertiary/aromatic N) is 6. The fourth-order valence-electron chi connectivity index (χ4n) is 5.11. The van der Waals surface area contributed by atoms with Crippen LogP contribution in [0.4, 0.5) is 0 Å². The summed E-state index contributed by atoms with van der Waals surface area (Å²) in [4.78, 5) is 4.93. The monoisotopic (exact) mass is 542 g/mol. The van der Waals surface area contributed by atoms with Crippen LogP contribution in [0.3, 0.4) is 0 Å². The maximum atomic E-state index is 4.31. The lowest BCUT2D eigenvalue weighted by Gasteiger charge is -2.33. The lowest BCUT2D eigenvalue weighted by atomic mass is 10.1. The molecule has 0 amide bonds. The predicted octanol–water partition coefficient (Wildman–Crippen LogP) is 6.46. The minimum Gasteiger partial charge on any atom is -0.297 e. The SMILES string of the molecule is Cc1cccc(C)c1-n1nnnc1CN1CCN(C/C=C/c2ccccc2)CC1.c1ccc(-c2ccccc2)cc1. The third-order valence-corrected chi connectivity index (χ3v) is 7.37. The summed E-state index contributed by atoms with van der Waals surface area (Å²) in [6.45, 7) is 10.1. The van der Waals surface area contributed by atoms with Gasteiger partial charge in [-0.3, -0.25) is 9.80 Å². The summed E-state index contributed by atoms with van der Waals surface area (Å²) in [5.41, 5.74) is 7.28. The van der Waals surface area contributed by atoms with Crippen molar-refractivity contribution in [2.24, 2.45) is 0 Å². The topological polar surface area (TPSA) is 50.1 Å². The minimum absolute atomic E-state index is 0.772. The Kier molecular flexibility index (Phi) is 9.82. The van der Waals surface area contributed by atoms with Gasteiger partial charge in [0.25, 0.3) is 0 Å². The molecule has 0 spiro atoms. The Morgan fingerprint density at radius 2 is 1.17 bits per heavy atom. The van der Waals surface area contributed by atoms with Gasteiger partial charge in [0.1, 0.15) is 0 Å². The molecule has 6 nitrogen and oxygen atoms in total. The van der Waals surface area contributed by atoms with E-state index in [1.807, 2.05) is 22.9 Å². The number of aromatic nitrogens is 4. The maximum Gasteiger partial charge on any atom is 0.170 e. The van der Waals surface area contributed by atoms with Crippen molar-refractivity contribution in [2.45, 2.75) is 20.4 Å². The zero-order valence-corrected chi connectivity index (χ0v) is 24.0. The van der Waals surface area contributed by atoms with E-state index in [2.05, 4.69) is 142 Å². The number of rotatable bonds is 7. The summed E-state index contributed by atoms with van der Waals surface area (Å²) in [7, 11) is 0. The van der Waals surface area contributed by atoms with E-state index in [1.54, 1.807) is 0 Å². The molecular weight excluding hydrogens is 504 g/mol. The van der Waals surface area contributed by atoms with Crippen molar-refractivity contribution in [1.82, 2.24) is 30.0 Å². The zero-order chi connectivity index (χ0) is 28.3. The molecule has 0 aliphatic carbocycles. The summed E-state index contributed by atoms with van der Waals surface area (Å²) in [6, 6.07) is 37.5. The molecule has 1 aliphatic rings. The highest BCUT2D eigenvalue weighted by molar-refractivity contribution is 5.62. The first-order valence-electron chi connectivity index (χ1n) is 14.3. The Hall–Kier alpha value is -4.39.